The Bertz CT molecular complexity index is 1380. The minimum absolute atomic E-state index is 0.247. The number of Topliss-reactive ketones (excluding diaryl/α,β-unsaturated/α-hetero) is 3. The Labute approximate surface area is 316 Å². The molecule has 0 aliphatic heterocycles. The molecule has 3 amide bonds. The zero-order valence-electron chi connectivity index (χ0n) is 30.8. The van der Waals surface area contributed by atoms with Gasteiger partial charge in [-0.2, -0.15) is 0 Å². The highest BCUT2D eigenvalue weighted by Gasteiger charge is 2.28. The van der Waals surface area contributed by atoms with Gasteiger partial charge in [0, 0.05) is 57.4 Å². The molecule has 0 aromatic rings. The lowest BCUT2D eigenvalue weighted by Gasteiger charge is -2.17. The number of aliphatic carboxylic acids is 5. The minimum Gasteiger partial charge on any atom is -0.481 e. The molecule has 0 heterocycles. The first-order valence-corrected chi connectivity index (χ1v) is 18.0. The van der Waals surface area contributed by atoms with Crippen LogP contribution in [0.1, 0.15) is 110 Å². The largest absolute Gasteiger partial charge is 0.481 e. The zero-order valence-corrected chi connectivity index (χ0v) is 30.8. The Balaban J connectivity index is 4.85. The quantitative estimate of drug-likeness (QED) is 0.0404. The lowest BCUT2D eigenvalue weighted by Crippen LogP contribution is -2.42. The van der Waals surface area contributed by atoms with Gasteiger partial charge in [-0.25, -0.2) is 9.59 Å². The molecule has 0 saturated carbocycles. The van der Waals surface area contributed by atoms with Crippen molar-refractivity contribution >= 4 is 64.9 Å². The normalized spacial score (nSPS) is 13.6. The van der Waals surface area contributed by atoms with Crippen LogP contribution in [0.15, 0.2) is 0 Å². The molecule has 0 spiro atoms. The van der Waals surface area contributed by atoms with Crippen molar-refractivity contribution in [1.82, 2.24) is 16.0 Å². The smallest absolute Gasteiger partial charge is 0.326 e. The number of nitrogens with one attached hydrogen (secondary N) is 3. The minimum atomic E-state index is -1.61. The predicted octanol–water partition coefficient (Wildman–Crippen LogP) is 0.305. The topological polar surface area (TPSA) is 345 Å². The van der Waals surface area contributed by atoms with Gasteiger partial charge in [0.05, 0.1) is 18.3 Å². The fourth-order valence-corrected chi connectivity index (χ4v) is 5.42. The van der Waals surface area contributed by atoms with E-state index >= 15 is 0 Å². The number of carbonyl (C=O) groups is 11. The molecular weight excluding hydrogens is 734 g/mol. The maximum Gasteiger partial charge on any atom is 0.326 e. The zero-order chi connectivity index (χ0) is 42.1. The van der Waals surface area contributed by atoms with Gasteiger partial charge < -0.3 is 46.6 Å². The highest BCUT2D eigenvalue weighted by molar-refractivity contribution is 5.89. The average molecular weight is 788 g/mol. The third-order valence-electron chi connectivity index (χ3n) is 8.75. The lowest BCUT2D eigenvalue weighted by molar-refractivity contribution is -0.145. The Morgan fingerprint density at radius 3 is 1.36 bits per heavy atom. The number of ketones is 3. The molecule has 20 heteroatoms. The van der Waals surface area contributed by atoms with Crippen molar-refractivity contribution in [2.24, 2.45) is 17.8 Å². The number of carbonyl (C=O) groups excluding carboxylic acids is 6. The summed E-state index contributed by atoms with van der Waals surface area (Å²) < 4.78 is 0. The molecule has 20 nitrogen and oxygen atoms in total. The van der Waals surface area contributed by atoms with Crippen LogP contribution in [0.2, 0.25) is 0 Å². The van der Waals surface area contributed by atoms with Gasteiger partial charge in [-0.3, -0.25) is 43.2 Å². The summed E-state index contributed by atoms with van der Waals surface area (Å²) in [5, 5.41) is 62.5. The summed E-state index contributed by atoms with van der Waals surface area (Å²) in [4.78, 5) is 130. The molecule has 310 valence electrons. The van der Waals surface area contributed by atoms with Gasteiger partial charge in [0.2, 0.25) is 17.7 Å². The van der Waals surface area contributed by atoms with Crippen LogP contribution >= 0.6 is 0 Å². The number of aliphatic hydroxyl groups is 1. The van der Waals surface area contributed by atoms with Gasteiger partial charge in [0.1, 0.15) is 30.3 Å². The van der Waals surface area contributed by atoms with E-state index in [-0.39, 0.29) is 43.9 Å². The average Bonchev–Trinajstić information content (AvgIpc) is 3.11. The molecule has 0 aromatic carbocycles. The molecule has 0 saturated heterocycles. The number of aliphatic hydroxyl groups excluding tert-OH is 1. The van der Waals surface area contributed by atoms with E-state index in [2.05, 4.69) is 16.0 Å². The van der Waals surface area contributed by atoms with Gasteiger partial charge >= 0.3 is 29.8 Å². The molecule has 0 bridgehead atoms. The molecule has 0 aliphatic rings. The Hall–Kier alpha value is -5.27. The van der Waals surface area contributed by atoms with E-state index < -0.39 is 141 Å². The third-order valence-corrected chi connectivity index (χ3v) is 8.75. The van der Waals surface area contributed by atoms with Crippen molar-refractivity contribution in [3.05, 3.63) is 0 Å². The van der Waals surface area contributed by atoms with Crippen molar-refractivity contribution in [3.63, 3.8) is 0 Å². The number of rotatable bonds is 33. The van der Waals surface area contributed by atoms with Gasteiger partial charge in [-0.15, -0.1) is 0 Å². The van der Waals surface area contributed by atoms with Gasteiger partial charge in [0.25, 0.3) is 0 Å². The number of amides is 3. The van der Waals surface area contributed by atoms with E-state index in [1.165, 1.54) is 0 Å². The molecule has 0 aliphatic carbocycles. The molecule has 0 unspecified atom stereocenters. The summed E-state index contributed by atoms with van der Waals surface area (Å²) in [7, 11) is 0. The first-order valence-electron chi connectivity index (χ1n) is 18.0. The Morgan fingerprint density at radius 1 is 0.491 bits per heavy atom. The van der Waals surface area contributed by atoms with Gasteiger partial charge in [0.15, 0.2) is 5.78 Å². The van der Waals surface area contributed by atoms with Gasteiger partial charge in [-0.1, -0.05) is 13.3 Å². The van der Waals surface area contributed by atoms with E-state index in [4.69, 9.17) is 10.2 Å². The Morgan fingerprint density at radius 2 is 0.945 bits per heavy atom. The lowest BCUT2D eigenvalue weighted by atomic mass is 9.94. The van der Waals surface area contributed by atoms with Crippen LogP contribution < -0.4 is 16.0 Å². The maximum atomic E-state index is 12.6. The summed E-state index contributed by atoms with van der Waals surface area (Å²) in [5.41, 5.74) is 0. The fourth-order valence-electron chi connectivity index (χ4n) is 5.42. The second-order valence-corrected chi connectivity index (χ2v) is 13.1. The number of unbranched alkanes of at least 4 members (excludes halogenated alkanes) is 1. The monoisotopic (exact) mass is 787 g/mol. The van der Waals surface area contributed by atoms with Crippen LogP contribution in [0.25, 0.3) is 0 Å². The van der Waals surface area contributed by atoms with Crippen LogP contribution in [0.5, 0.6) is 0 Å². The highest BCUT2D eigenvalue weighted by atomic mass is 16.4. The van der Waals surface area contributed by atoms with Crippen LogP contribution in [0.3, 0.4) is 0 Å². The van der Waals surface area contributed by atoms with E-state index in [1.807, 2.05) is 6.92 Å². The second kappa shape index (κ2) is 27.3. The molecule has 0 aromatic heterocycles. The van der Waals surface area contributed by atoms with E-state index in [1.54, 1.807) is 0 Å². The first kappa shape index (κ1) is 49.7. The summed E-state index contributed by atoms with van der Waals surface area (Å²) in [6.45, 7) is 1.57. The molecule has 0 fully saturated rings. The summed E-state index contributed by atoms with van der Waals surface area (Å²) in [6.07, 6.45) is -2.94. The van der Waals surface area contributed by atoms with Crippen molar-refractivity contribution in [2.45, 2.75) is 122 Å². The standard InChI is InChI=1S/C35H53N3O17/c1-2-20(27(42)19-39)5-3-4-16-36-28(43)14-11-26(35(54)55)38-30(45)13-6-21(32(48)49)17-23(40)8-10-25(34(52)53)37-29(44)12-7-22(33(50)51)18-24(41)9-15-31(46)47/h20-22,25-26,39H,2-19H2,1H3,(H,36,43)(H,37,44)(H,38,45)(H,46,47)(H,48,49)(H,50,51)(H,52,53)(H,54,55)/t20-,21+,22+,25-,26-/m0/s1. The molecule has 5 atom stereocenters. The van der Waals surface area contributed by atoms with Crippen LogP contribution in [0.4, 0.5) is 0 Å². The van der Waals surface area contributed by atoms with Crippen molar-refractivity contribution in [1.29, 1.82) is 0 Å². The molecule has 0 radical (unpaired) electrons. The highest BCUT2D eigenvalue weighted by Crippen LogP contribution is 2.17. The van der Waals surface area contributed by atoms with E-state index in [9.17, 15) is 73.2 Å². The number of hydrogen-bond acceptors (Lipinski definition) is 12. The van der Waals surface area contributed by atoms with Crippen molar-refractivity contribution < 1.29 is 83.4 Å². The van der Waals surface area contributed by atoms with Crippen LogP contribution in [0, 0.1) is 17.8 Å². The van der Waals surface area contributed by atoms with Gasteiger partial charge in [-0.05, 0) is 44.9 Å². The number of carboxylic acids is 5. The molecule has 9 N–H and O–H groups in total. The number of carboxylic acid groups (broad SMARTS) is 5. The van der Waals surface area contributed by atoms with Crippen LogP contribution in [-0.4, -0.2) is 121 Å². The SMILES string of the molecule is CC[C@@H](CCCCNC(=O)CC[C@H](NC(=O)CC[C@H](CC(=O)CC[C@H](NC(=O)CC[C@H](CC(=O)CCC(=O)O)C(=O)O)C(=O)O)C(=O)O)C(=O)O)C(=O)CO. The number of hydrogen-bond donors (Lipinski definition) is 9. The fraction of sp³-hybridized carbons (Fsp3) is 0.686. The third kappa shape index (κ3) is 23.2. The molecule has 55 heavy (non-hydrogen) atoms. The van der Waals surface area contributed by atoms with E-state index in [0.717, 1.165) is 0 Å². The predicted molar refractivity (Wildman–Crippen MR) is 187 cm³/mol. The van der Waals surface area contributed by atoms with Crippen molar-refractivity contribution in [2.75, 3.05) is 13.2 Å². The summed E-state index contributed by atoms with van der Waals surface area (Å²) in [6, 6.07) is -3.08. The second-order valence-electron chi connectivity index (χ2n) is 13.1. The summed E-state index contributed by atoms with van der Waals surface area (Å²) >= 11 is 0. The summed E-state index contributed by atoms with van der Waals surface area (Å²) in [5.74, 6) is -13.9. The first-order chi connectivity index (χ1) is 25.8. The van der Waals surface area contributed by atoms with Crippen LogP contribution in [-0.2, 0) is 52.7 Å². The molecule has 0 rings (SSSR count). The van der Waals surface area contributed by atoms with Crippen molar-refractivity contribution in [3.8, 4) is 0 Å². The maximum absolute atomic E-state index is 12.6. The Kier molecular flexibility index (Phi) is 24.7. The van der Waals surface area contributed by atoms with E-state index in [0.29, 0.717) is 25.7 Å². The molecular formula is C35H53N3O17.